The molecule has 18 heavy (non-hydrogen) atoms. The minimum atomic E-state index is -1.23. The van der Waals surface area contributed by atoms with Gasteiger partial charge in [0.05, 0.1) is 0 Å². The van der Waals surface area contributed by atoms with E-state index >= 15 is 0 Å². The topological polar surface area (TPSA) is 128 Å². The summed E-state index contributed by atoms with van der Waals surface area (Å²) in [6.07, 6.45) is 1.20. The number of aliphatic hydroxyl groups is 1. The predicted molar refractivity (Wildman–Crippen MR) is 60.8 cm³/mol. The lowest BCUT2D eigenvalue weighted by atomic mass is 10.1. The van der Waals surface area contributed by atoms with Crippen LogP contribution in [0.1, 0.15) is 19.3 Å². The van der Waals surface area contributed by atoms with Crippen LogP contribution in [0.15, 0.2) is 0 Å². The third-order valence-electron chi connectivity index (χ3n) is 2.61. The van der Waals surface area contributed by atoms with Gasteiger partial charge in [0.1, 0.15) is 12.1 Å². The highest BCUT2D eigenvalue weighted by molar-refractivity contribution is 5.89. The Bertz CT molecular complexity index is 325. The molecule has 1 unspecified atom stereocenters. The van der Waals surface area contributed by atoms with E-state index in [0.717, 1.165) is 6.42 Å². The molecule has 0 aliphatic carbocycles. The third kappa shape index (κ3) is 4.21. The lowest BCUT2D eigenvalue weighted by Gasteiger charge is -2.23. The molecule has 8 nitrogen and oxygen atoms in total. The van der Waals surface area contributed by atoms with Gasteiger partial charge in [-0.15, -0.1) is 0 Å². The fraction of sp³-hybridized carbons (Fsp3) is 0.700. The van der Waals surface area contributed by atoms with Gasteiger partial charge in [-0.05, 0) is 12.8 Å². The first-order valence-electron chi connectivity index (χ1n) is 5.73. The summed E-state index contributed by atoms with van der Waals surface area (Å²) in [7, 11) is 0. The van der Waals surface area contributed by atoms with Crippen LogP contribution in [0.2, 0.25) is 0 Å². The van der Waals surface area contributed by atoms with Crippen molar-refractivity contribution in [3.05, 3.63) is 0 Å². The lowest BCUT2D eigenvalue weighted by molar-refractivity contribution is -0.139. The molecule has 0 bridgehead atoms. The normalized spacial score (nSPS) is 20.7. The number of hydrogen-bond acceptors (Lipinski definition) is 4. The van der Waals surface area contributed by atoms with E-state index in [1.807, 2.05) is 0 Å². The highest BCUT2D eigenvalue weighted by Crippen LogP contribution is 2.02. The summed E-state index contributed by atoms with van der Waals surface area (Å²) in [5.41, 5.74) is 0. The fourth-order valence-corrected chi connectivity index (χ4v) is 1.65. The zero-order valence-electron chi connectivity index (χ0n) is 9.81. The van der Waals surface area contributed by atoms with Gasteiger partial charge in [0.2, 0.25) is 5.91 Å². The first kappa shape index (κ1) is 14.2. The molecule has 0 aromatic carbocycles. The van der Waals surface area contributed by atoms with Crippen molar-refractivity contribution in [1.29, 1.82) is 0 Å². The van der Waals surface area contributed by atoms with Gasteiger partial charge in [-0.3, -0.25) is 4.79 Å². The molecule has 0 aromatic heterocycles. The maximum atomic E-state index is 11.5. The average molecular weight is 259 g/mol. The summed E-state index contributed by atoms with van der Waals surface area (Å²) in [5, 5.41) is 24.6. The van der Waals surface area contributed by atoms with Gasteiger partial charge in [-0.25, -0.2) is 9.59 Å². The Kier molecular flexibility index (Phi) is 5.37. The van der Waals surface area contributed by atoms with Crippen LogP contribution in [0, 0.1) is 0 Å². The number of rotatable bonds is 5. The number of hydrogen-bond donors (Lipinski definition) is 5. The number of carbonyl (C=O) groups excluding carboxylic acids is 2. The molecule has 1 heterocycles. The lowest BCUT2D eigenvalue weighted by Crippen LogP contribution is -2.55. The summed E-state index contributed by atoms with van der Waals surface area (Å²) in [6.45, 7) is 0.238. The first-order valence-corrected chi connectivity index (χ1v) is 5.73. The van der Waals surface area contributed by atoms with Crippen LogP contribution in [0.4, 0.5) is 4.79 Å². The van der Waals surface area contributed by atoms with Crippen LogP contribution in [0.3, 0.4) is 0 Å². The Morgan fingerprint density at radius 3 is 2.78 bits per heavy atom. The van der Waals surface area contributed by atoms with E-state index in [9.17, 15) is 14.4 Å². The van der Waals surface area contributed by atoms with Gasteiger partial charge in [-0.1, -0.05) is 0 Å². The fourth-order valence-electron chi connectivity index (χ4n) is 1.65. The van der Waals surface area contributed by atoms with E-state index in [4.69, 9.17) is 10.2 Å². The molecule has 5 N–H and O–H groups in total. The van der Waals surface area contributed by atoms with Gasteiger partial charge < -0.3 is 26.2 Å². The standard InChI is InChI=1S/C10H17N3O5/c14-5-3-7(9(16)17)13-10(18)12-6-2-1-4-11-8(6)15/h6-7,14H,1-5H2,(H,11,15)(H,16,17)(H2,12,13,18)/t6?,7-/m0/s1. The summed E-state index contributed by atoms with van der Waals surface area (Å²) in [6, 6.07) is -2.53. The predicted octanol–water partition coefficient (Wildman–Crippen LogP) is -1.60. The Morgan fingerprint density at radius 1 is 1.50 bits per heavy atom. The zero-order valence-corrected chi connectivity index (χ0v) is 9.81. The second-order valence-electron chi connectivity index (χ2n) is 4.01. The van der Waals surface area contributed by atoms with Crippen LogP contribution >= 0.6 is 0 Å². The van der Waals surface area contributed by atoms with E-state index in [1.54, 1.807) is 0 Å². The SMILES string of the molecule is O=C(NC1CCCNC1=O)N[C@@H](CCO)C(=O)O. The number of carboxylic acid groups (broad SMARTS) is 1. The number of nitrogens with one attached hydrogen (secondary N) is 3. The highest BCUT2D eigenvalue weighted by atomic mass is 16.4. The first-order chi connectivity index (χ1) is 8.54. The van der Waals surface area contributed by atoms with Crippen molar-refractivity contribution < 1.29 is 24.6 Å². The minimum absolute atomic E-state index is 0.0837. The van der Waals surface area contributed by atoms with Crippen LogP contribution < -0.4 is 16.0 Å². The Morgan fingerprint density at radius 2 is 2.22 bits per heavy atom. The second kappa shape index (κ2) is 6.80. The highest BCUT2D eigenvalue weighted by Gasteiger charge is 2.25. The quantitative estimate of drug-likeness (QED) is 0.406. The third-order valence-corrected chi connectivity index (χ3v) is 2.61. The molecule has 8 heteroatoms. The zero-order chi connectivity index (χ0) is 13.5. The second-order valence-corrected chi connectivity index (χ2v) is 4.01. The maximum absolute atomic E-state index is 11.5. The molecule has 0 saturated carbocycles. The van der Waals surface area contributed by atoms with Gasteiger partial charge >= 0.3 is 12.0 Å². The molecule has 1 aliphatic heterocycles. The van der Waals surface area contributed by atoms with E-state index in [-0.39, 0.29) is 18.9 Å². The molecule has 1 saturated heterocycles. The van der Waals surface area contributed by atoms with Crippen LogP contribution in [-0.2, 0) is 9.59 Å². The van der Waals surface area contributed by atoms with Crippen LogP contribution in [-0.4, -0.2) is 53.4 Å². The molecule has 3 amide bonds. The summed E-state index contributed by atoms with van der Waals surface area (Å²) < 4.78 is 0. The van der Waals surface area contributed by atoms with Crippen molar-refractivity contribution in [1.82, 2.24) is 16.0 Å². The summed E-state index contributed by atoms with van der Waals surface area (Å²) in [4.78, 5) is 33.6. The molecule has 102 valence electrons. The molecular weight excluding hydrogens is 242 g/mol. The number of carboxylic acids is 1. The van der Waals surface area contributed by atoms with Crippen molar-refractivity contribution in [2.75, 3.05) is 13.2 Å². The molecular formula is C10H17N3O5. The molecule has 1 rings (SSSR count). The van der Waals surface area contributed by atoms with Crippen molar-refractivity contribution in [3.8, 4) is 0 Å². The summed E-state index contributed by atoms with van der Waals surface area (Å²) >= 11 is 0. The number of aliphatic carboxylic acids is 1. The summed E-state index contributed by atoms with van der Waals surface area (Å²) in [5.74, 6) is -1.50. The number of carbonyl (C=O) groups is 3. The smallest absolute Gasteiger partial charge is 0.326 e. The van der Waals surface area contributed by atoms with Crippen LogP contribution in [0.5, 0.6) is 0 Å². The monoisotopic (exact) mass is 259 g/mol. The van der Waals surface area contributed by atoms with E-state index in [2.05, 4.69) is 16.0 Å². The van der Waals surface area contributed by atoms with Crippen LogP contribution in [0.25, 0.3) is 0 Å². The van der Waals surface area contributed by atoms with Crippen molar-refractivity contribution >= 4 is 17.9 Å². The van der Waals surface area contributed by atoms with E-state index in [1.165, 1.54) is 0 Å². The van der Waals surface area contributed by atoms with Crippen molar-refractivity contribution in [2.45, 2.75) is 31.3 Å². The number of urea groups is 1. The Labute approximate surface area is 104 Å². The maximum Gasteiger partial charge on any atom is 0.326 e. The molecule has 0 aromatic rings. The van der Waals surface area contributed by atoms with Gasteiger partial charge in [0.25, 0.3) is 0 Å². The number of aliphatic hydroxyl groups excluding tert-OH is 1. The number of amides is 3. The molecule has 0 spiro atoms. The average Bonchev–Trinajstić information content (AvgIpc) is 2.31. The molecule has 2 atom stereocenters. The molecule has 1 aliphatic rings. The van der Waals surface area contributed by atoms with Gasteiger partial charge in [0, 0.05) is 19.6 Å². The molecule has 0 radical (unpaired) electrons. The minimum Gasteiger partial charge on any atom is -0.480 e. The number of piperidine rings is 1. The Balaban J connectivity index is 2.44. The molecule has 1 fully saturated rings. The van der Waals surface area contributed by atoms with Gasteiger partial charge in [-0.2, -0.15) is 0 Å². The van der Waals surface area contributed by atoms with E-state index < -0.39 is 24.1 Å². The van der Waals surface area contributed by atoms with Crippen molar-refractivity contribution in [2.24, 2.45) is 0 Å². The Hall–Kier alpha value is -1.83. The van der Waals surface area contributed by atoms with Gasteiger partial charge in [0.15, 0.2) is 0 Å². The van der Waals surface area contributed by atoms with E-state index in [0.29, 0.717) is 13.0 Å². The largest absolute Gasteiger partial charge is 0.480 e. The van der Waals surface area contributed by atoms with Crippen molar-refractivity contribution in [3.63, 3.8) is 0 Å².